The molecule has 4 atom stereocenters. The number of hydrogen-bond acceptors (Lipinski definition) is 6. The summed E-state index contributed by atoms with van der Waals surface area (Å²) >= 11 is 6.18. The van der Waals surface area contributed by atoms with E-state index in [4.69, 9.17) is 9.47 Å². The second kappa shape index (κ2) is 33.2. The number of aliphatic hydroxyl groups is 2. The molecular weight excluding hydrogens is 664 g/mol. The Hall–Kier alpha value is -0.700. The molecule has 0 radical (unpaired) electrons. The van der Waals surface area contributed by atoms with Gasteiger partial charge in [-0.2, -0.15) is 0 Å². The average molecular weight is 727 g/mol. The van der Waals surface area contributed by atoms with E-state index in [1.165, 1.54) is 38.5 Å². The van der Waals surface area contributed by atoms with Crippen LogP contribution in [0, 0.1) is 0 Å². The van der Waals surface area contributed by atoms with E-state index in [1.54, 1.807) is 0 Å². The van der Waals surface area contributed by atoms with Gasteiger partial charge in [-0.25, -0.2) is 0 Å². The lowest BCUT2D eigenvalue weighted by atomic mass is 10.0. The molecule has 4 unspecified atom stereocenters. The summed E-state index contributed by atoms with van der Waals surface area (Å²) in [6.45, 7) is 8.64. The minimum Gasteiger partial charge on any atom is -0.459 e. The summed E-state index contributed by atoms with van der Waals surface area (Å²) in [6, 6.07) is 0. The second-order valence-corrected chi connectivity index (χ2v) is 12.0. The van der Waals surface area contributed by atoms with Crippen molar-refractivity contribution >= 4 is 43.8 Å². The number of hydrogen-bond donors (Lipinski definition) is 2. The van der Waals surface area contributed by atoms with E-state index in [9.17, 15) is 19.8 Å². The van der Waals surface area contributed by atoms with Gasteiger partial charge in [-0.1, -0.05) is 142 Å². The molecule has 0 fully saturated rings. The summed E-state index contributed by atoms with van der Waals surface area (Å²) in [6.07, 6.45) is 24.7. The van der Waals surface area contributed by atoms with Crippen LogP contribution in [0.1, 0.15) is 143 Å². The summed E-state index contributed by atoms with van der Waals surface area (Å²) in [4.78, 5) is 22.8. The van der Waals surface area contributed by atoms with Crippen LogP contribution in [-0.4, -0.2) is 57.2 Å². The molecule has 0 aliphatic carbocycles. The van der Waals surface area contributed by atoms with Crippen LogP contribution in [0.4, 0.5) is 0 Å². The minimum absolute atomic E-state index is 0.172. The number of alkyl halides is 2. The van der Waals surface area contributed by atoms with Crippen LogP contribution in [0.5, 0.6) is 0 Å². The lowest BCUT2D eigenvalue weighted by molar-refractivity contribution is -0.152. The van der Waals surface area contributed by atoms with Crippen molar-refractivity contribution in [3.8, 4) is 0 Å². The van der Waals surface area contributed by atoms with Gasteiger partial charge in [0.2, 0.25) is 0 Å². The number of esters is 2. The molecular formula is C34H62Br2O6. The van der Waals surface area contributed by atoms with Gasteiger partial charge in [0.05, 0.1) is 12.2 Å². The molecule has 0 aliphatic heterocycles. The van der Waals surface area contributed by atoms with Crippen molar-refractivity contribution < 1.29 is 29.3 Å². The van der Waals surface area contributed by atoms with Gasteiger partial charge in [0.1, 0.15) is 22.9 Å². The van der Waals surface area contributed by atoms with E-state index in [2.05, 4.69) is 71.7 Å². The Balaban J connectivity index is 0. The summed E-state index contributed by atoms with van der Waals surface area (Å²) in [7, 11) is 0. The quantitative estimate of drug-likeness (QED) is 0.0400. The normalized spacial score (nSPS) is 14.3. The largest absolute Gasteiger partial charge is 0.459 e. The monoisotopic (exact) mass is 724 g/mol. The molecule has 0 aliphatic rings. The van der Waals surface area contributed by atoms with Crippen LogP contribution in [-0.2, 0) is 19.1 Å². The maximum Gasteiger partial charge on any atom is 0.316 e. The van der Waals surface area contributed by atoms with Crippen molar-refractivity contribution in [1.29, 1.82) is 0 Å². The zero-order valence-electron chi connectivity index (χ0n) is 27.0. The fourth-order valence-corrected chi connectivity index (χ4v) is 4.54. The summed E-state index contributed by atoms with van der Waals surface area (Å²) in [5.74, 6) is -0.614. The third-order valence-corrected chi connectivity index (χ3v) is 7.78. The number of allylic oxidation sites excluding steroid dienone is 2. The average Bonchev–Trinajstić information content (AvgIpc) is 2.99. The van der Waals surface area contributed by atoms with Gasteiger partial charge in [0.15, 0.2) is 0 Å². The molecule has 0 rings (SSSR count). The lowest BCUT2D eigenvalue weighted by Gasteiger charge is -2.22. The van der Waals surface area contributed by atoms with Crippen LogP contribution in [0.3, 0.4) is 0 Å². The Morgan fingerprint density at radius 1 is 0.571 bits per heavy atom. The van der Waals surface area contributed by atoms with E-state index < -0.39 is 18.3 Å². The van der Waals surface area contributed by atoms with Crippen molar-refractivity contribution in [3.05, 3.63) is 24.3 Å². The van der Waals surface area contributed by atoms with Gasteiger partial charge in [0, 0.05) is 6.42 Å². The van der Waals surface area contributed by atoms with E-state index in [1.807, 2.05) is 12.2 Å². The molecule has 8 heteroatoms. The van der Waals surface area contributed by atoms with E-state index >= 15 is 0 Å². The first-order valence-electron chi connectivity index (χ1n) is 16.5. The van der Waals surface area contributed by atoms with E-state index in [-0.39, 0.29) is 28.7 Å². The molecule has 0 heterocycles. The number of ether oxygens (including phenoxy) is 2. The second-order valence-electron chi connectivity index (χ2n) is 10.9. The highest BCUT2D eigenvalue weighted by Crippen LogP contribution is 2.16. The maximum atomic E-state index is 11.4. The third-order valence-electron chi connectivity index (χ3n) is 6.87. The summed E-state index contributed by atoms with van der Waals surface area (Å²) < 4.78 is 10.7. The fourth-order valence-electron chi connectivity index (χ4n) is 4.28. The third kappa shape index (κ3) is 28.1. The Morgan fingerprint density at radius 2 is 1.00 bits per heavy atom. The van der Waals surface area contributed by atoms with Crippen LogP contribution < -0.4 is 0 Å². The molecule has 248 valence electrons. The zero-order chi connectivity index (χ0) is 31.8. The number of carbonyl (C=O) groups is 2. The van der Waals surface area contributed by atoms with Gasteiger partial charge in [-0.15, -0.1) is 0 Å². The minimum atomic E-state index is -0.604. The van der Waals surface area contributed by atoms with Crippen LogP contribution in [0.2, 0.25) is 0 Å². The molecule has 0 bridgehead atoms. The van der Waals surface area contributed by atoms with E-state index in [0.29, 0.717) is 19.3 Å². The standard InChI is InChI=1S/2C17H31BrO3/c1-3-5-7-8-9-11-12-15(19)16(13-10-6-4-2)21-17(20)14-18;1-3-5-7-8-9-11-13-16(21-17(20)14-18)15(19)12-10-6-4-2/h2*9,11,15-16,19H,3-8,10,12-14H2,1-2H3/b2*11-9-. The number of unbranched alkanes of at least 4 members (excludes halogenated alkanes) is 10. The number of rotatable bonds is 26. The Labute approximate surface area is 274 Å². The number of aliphatic hydroxyl groups excluding tert-OH is 2. The van der Waals surface area contributed by atoms with E-state index in [0.717, 1.165) is 57.8 Å². The summed E-state index contributed by atoms with van der Waals surface area (Å²) in [5, 5.41) is 20.8. The highest BCUT2D eigenvalue weighted by molar-refractivity contribution is 9.09. The number of halogens is 2. The van der Waals surface area contributed by atoms with Gasteiger partial charge in [-0.05, 0) is 51.4 Å². The van der Waals surface area contributed by atoms with Crippen LogP contribution in [0.25, 0.3) is 0 Å². The van der Waals surface area contributed by atoms with Crippen LogP contribution in [0.15, 0.2) is 24.3 Å². The van der Waals surface area contributed by atoms with Gasteiger partial charge in [-0.3, -0.25) is 9.59 Å². The molecule has 2 N–H and O–H groups in total. The SMILES string of the molecule is CCCCC/C=C\CC(O)C(CCCCC)OC(=O)CBr.CCCCC/C=C\CC(OC(=O)CBr)C(O)CCCCC. The van der Waals surface area contributed by atoms with Crippen molar-refractivity contribution in [2.75, 3.05) is 10.7 Å². The molecule has 0 saturated heterocycles. The summed E-state index contributed by atoms with van der Waals surface area (Å²) in [5.41, 5.74) is 0. The van der Waals surface area contributed by atoms with Crippen molar-refractivity contribution in [2.45, 2.75) is 168 Å². The first-order chi connectivity index (χ1) is 20.3. The molecule has 0 spiro atoms. The van der Waals surface area contributed by atoms with Gasteiger partial charge >= 0.3 is 11.9 Å². The Bertz CT molecular complexity index is 670. The van der Waals surface area contributed by atoms with Crippen LogP contribution >= 0.6 is 31.9 Å². The highest BCUT2D eigenvalue weighted by atomic mass is 79.9. The first-order valence-corrected chi connectivity index (χ1v) is 18.7. The predicted octanol–water partition coefficient (Wildman–Crippen LogP) is 9.52. The molecule has 0 aromatic heterocycles. The van der Waals surface area contributed by atoms with Crippen molar-refractivity contribution in [1.82, 2.24) is 0 Å². The van der Waals surface area contributed by atoms with Crippen molar-refractivity contribution in [2.24, 2.45) is 0 Å². The molecule has 42 heavy (non-hydrogen) atoms. The fraction of sp³-hybridized carbons (Fsp3) is 0.824. The zero-order valence-corrected chi connectivity index (χ0v) is 30.2. The molecule has 0 saturated carbocycles. The Kier molecular flexibility index (Phi) is 34.3. The first kappa shape index (κ1) is 43.4. The molecule has 6 nitrogen and oxygen atoms in total. The van der Waals surface area contributed by atoms with Gasteiger partial charge in [0.25, 0.3) is 0 Å². The van der Waals surface area contributed by atoms with Crippen molar-refractivity contribution in [3.63, 3.8) is 0 Å². The Morgan fingerprint density at radius 3 is 1.48 bits per heavy atom. The lowest BCUT2D eigenvalue weighted by Crippen LogP contribution is -2.31. The maximum absolute atomic E-state index is 11.4. The highest BCUT2D eigenvalue weighted by Gasteiger charge is 2.22. The topological polar surface area (TPSA) is 93.1 Å². The van der Waals surface area contributed by atoms with Gasteiger partial charge < -0.3 is 19.7 Å². The molecule has 0 aromatic rings. The smallest absolute Gasteiger partial charge is 0.316 e. The number of carbonyl (C=O) groups excluding carboxylic acids is 2. The molecule has 0 aromatic carbocycles. The predicted molar refractivity (Wildman–Crippen MR) is 183 cm³/mol. The molecule has 0 amide bonds.